The Morgan fingerprint density at radius 2 is 1.97 bits per heavy atom. The van der Waals surface area contributed by atoms with Crippen LogP contribution in [0.3, 0.4) is 0 Å². The molecule has 0 spiro atoms. The minimum absolute atomic E-state index is 0.0855. The molecule has 0 radical (unpaired) electrons. The van der Waals surface area contributed by atoms with Crippen LogP contribution in [0.1, 0.15) is 65.9 Å². The fourth-order valence-electron chi connectivity index (χ4n) is 6.01. The maximum atomic E-state index is 14.5. The van der Waals surface area contributed by atoms with E-state index >= 15 is 0 Å². The van der Waals surface area contributed by atoms with Crippen molar-refractivity contribution >= 4 is 5.91 Å². The molecule has 3 aromatic heterocycles. The number of aromatic amines is 1. The number of nitrogens with one attached hydrogen (secondary N) is 2. The van der Waals surface area contributed by atoms with E-state index < -0.39 is 17.0 Å². The molecule has 0 saturated heterocycles. The number of fused-ring (bicyclic) bond motifs is 5. The van der Waals surface area contributed by atoms with Gasteiger partial charge in [-0.1, -0.05) is 19.9 Å². The molecule has 182 valence electrons. The van der Waals surface area contributed by atoms with Gasteiger partial charge in [0.15, 0.2) is 0 Å². The van der Waals surface area contributed by atoms with Gasteiger partial charge in [0.05, 0.1) is 40.8 Å². The number of carbonyl (C=O) groups is 1. The van der Waals surface area contributed by atoms with Crippen molar-refractivity contribution in [3.63, 3.8) is 0 Å². The Kier molecular flexibility index (Phi) is 4.92. The highest BCUT2D eigenvalue weighted by molar-refractivity contribution is 5.91. The third-order valence-electron chi connectivity index (χ3n) is 7.79. The van der Waals surface area contributed by atoms with E-state index in [1.165, 1.54) is 30.7 Å². The molecule has 0 unspecified atom stereocenters. The summed E-state index contributed by atoms with van der Waals surface area (Å²) in [6.45, 7) is 4.44. The number of H-pyrrole nitrogens is 1. The van der Waals surface area contributed by atoms with Crippen LogP contribution in [0.4, 0.5) is 8.78 Å². The molecular formula is C25H22F2N8O. The van der Waals surface area contributed by atoms with Crippen LogP contribution in [0.2, 0.25) is 0 Å². The lowest BCUT2D eigenvalue weighted by Crippen LogP contribution is -2.38. The van der Waals surface area contributed by atoms with Crippen LogP contribution in [0, 0.1) is 17.0 Å². The van der Waals surface area contributed by atoms with Crippen molar-refractivity contribution in [1.29, 1.82) is 0 Å². The van der Waals surface area contributed by atoms with E-state index in [0.717, 1.165) is 24.1 Å². The van der Waals surface area contributed by atoms with Crippen LogP contribution < -0.4 is 5.32 Å². The van der Waals surface area contributed by atoms with Crippen LogP contribution in [-0.4, -0.2) is 41.3 Å². The van der Waals surface area contributed by atoms with E-state index in [2.05, 4.69) is 49.5 Å². The van der Waals surface area contributed by atoms with Gasteiger partial charge in [-0.15, -0.1) is 15.3 Å². The molecule has 1 amide bonds. The van der Waals surface area contributed by atoms with Gasteiger partial charge in [-0.2, -0.15) is 5.10 Å². The average Bonchev–Trinajstić information content (AvgIpc) is 3.53. The van der Waals surface area contributed by atoms with Gasteiger partial charge in [0.1, 0.15) is 29.5 Å². The highest BCUT2D eigenvalue weighted by Crippen LogP contribution is 2.69. The van der Waals surface area contributed by atoms with Crippen LogP contribution >= 0.6 is 0 Å². The first-order valence-corrected chi connectivity index (χ1v) is 11.6. The van der Waals surface area contributed by atoms with Crippen LogP contribution in [0.15, 0.2) is 43.0 Å². The first-order chi connectivity index (χ1) is 17.3. The van der Waals surface area contributed by atoms with Crippen LogP contribution in [0.5, 0.6) is 0 Å². The monoisotopic (exact) mass is 488 g/mol. The smallest absolute Gasteiger partial charge is 0.271 e. The number of halogens is 2. The first kappa shape index (κ1) is 22.3. The summed E-state index contributed by atoms with van der Waals surface area (Å²) in [5, 5.41) is 19.1. The van der Waals surface area contributed by atoms with Gasteiger partial charge in [0, 0.05) is 6.20 Å². The quantitative estimate of drug-likeness (QED) is 0.441. The summed E-state index contributed by atoms with van der Waals surface area (Å²) < 4.78 is 28.9. The van der Waals surface area contributed by atoms with Crippen LogP contribution in [0.25, 0.3) is 11.3 Å². The van der Waals surface area contributed by atoms with E-state index in [0.29, 0.717) is 11.5 Å². The molecule has 4 aromatic rings. The maximum Gasteiger partial charge on any atom is 0.271 e. The Bertz CT molecular complexity index is 1470. The fraction of sp³-hybridized carbons (Fsp3) is 0.320. The molecule has 9 nitrogen and oxygen atoms in total. The standard InChI is InChI=1S/C25H22F2N8O/c1-24(2)14-6-7-25(24,19-10-28-9-18(32-19)23(36)29-11-20-30-12-31-34-20)22-13(14)8-17(33-35-22)21-15(26)4-3-5-16(21)27/h3-5,8-10,12,14H,6-7,11H2,1-2H3,(H,29,36)(H,30,31,34)/t14-,25-/m0/s1. The van der Waals surface area contributed by atoms with Crippen molar-refractivity contribution in [2.45, 2.75) is 44.6 Å². The number of nitrogens with zero attached hydrogens (tertiary/aromatic N) is 6. The Labute approximate surface area is 204 Å². The lowest BCUT2D eigenvalue weighted by atomic mass is 9.66. The topological polar surface area (TPSA) is 122 Å². The molecule has 2 aliphatic carbocycles. The van der Waals surface area contributed by atoms with E-state index in [9.17, 15) is 13.6 Å². The summed E-state index contributed by atoms with van der Waals surface area (Å²) in [6.07, 6.45) is 6.11. The van der Waals surface area contributed by atoms with Crippen molar-refractivity contribution in [3.8, 4) is 11.3 Å². The second-order valence-corrected chi connectivity index (χ2v) is 9.76. The lowest BCUT2D eigenvalue weighted by molar-refractivity contribution is 0.0943. The SMILES string of the molecule is CC1(C)[C@H]2CC[C@]1(c1cncc(C(=O)NCc3nnc[nH]3)n1)c1nnc(-c3c(F)cccc3F)cc12. The Morgan fingerprint density at radius 1 is 1.17 bits per heavy atom. The number of carbonyl (C=O) groups excluding carboxylic acids is 1. The average molecular weight is 489 g/mol. The zero-order valence-electron chi connectivity index (χ0n) is 19.6. The molecule has 36 heavy (non-hydrogen) atoms. The second kappa shape index (κ2) is 7.94. The van der Waals surface area contributed by atoms with Gasteiger partial charge in [0.25, 0.3) is 5.91 Å². The number of hydrogen-bond donors (Lipinski definition) is 2. The van der Waals surface area contributed by atoms with Gasteiger partial charge < -0.3 is 10.3 Å². The molecule has 6 rings (SSSR count). The van der Waals surface area contributed by atoms with Crippen LogP contribution in [-0.2, 0) is 12.0 Å². The Balaban J connectivity index is 1.40. The number of hydrogen-bond acceptors (Lipinski definition) is 7. The molecule has 0 aliphatic heterocycles. The number of benzene rings is 1. The highest BCUT2D eigenvalue weighted by atomic mass is 19.1. The maximum absolute atomic E-state index is 14.5. The normalized spacial score (nSPS) is 21.4. The Morgan fingerprint density at radius 3 is 2.72 bits per heavy atom. The molecular weight excluding hydrogens is 466 g/mol. The summed E-state index contributed by atoms with van der Waals surface area (Å²) in [5.41, 5.74) is 1.42. The highest BCUT2D eigenvalue weighted by Gasteiger charge is 2.65. The van der Waals surface area contributed by atoms with Crippen molar-refractivity contribution in [2.75, 3.05) is 0 Å². The predicted molar refractivity (Wildman–Crippen MR) is 124 cm³/mol. The molecule has 1 saturated carbocycles. The molecule has 2 N–H and O–H groups in total. The number of amides is 1. The predicted octanol–water partition coefficient (Wildman–Crippen LogP) is 3.46. The van der Waals surface area contributed by atoms with Crippen molar-refractivity contribution in [2.24, 2.45) is 5.41 Å². The minimum atomic E-state index is -0.684. The largest absolute Gasteiger partial charge is 0.343 e. The first-order valence-electron chi connectivity index (χ1n) is 11.6. The molecule has 2 bridgehead atoms. The van der Waals surface area contributed by atoms with Gasteiger partial charge >= 0.3 is 0 Å². The lowest BCUT2D eigenvalue weighted by Gasteiger charge is -2.37. The summed E-state index contributed by atoms with van der Waals surface area (Å²) in [4.78, 5) is 24.7. The van der Waals surface area contributed by atoms with Gasteiger partial charge in [-0.25, -0.2) is 13.8 Å². The summed E-state index contributed by atoms with van der Waals surface area (Å²) >= 11 is 0. The van der Waals surface area contributed by atoms with Crippen molar-refractivity contribution in [1.82, 2.24) is 40.7 Å². The zero-order chi connectivity index (χ0) is 25.1. The molecule has 3 heterocycles. The van der Waals surface area contributed by atoms with Gasteiger partial charge in [0.2, 0.25) is 0 Å². The fourth-order valence-corrected chi connectivity index (χ4v) is 6.01. The minimum Gasteiger partial charge on any atom is -0.343 e. The molecule has 11 heteroatoms. The second-order valence-electron chi connectivity index (χ2n) is 9.76. The Hall–Kier alpha value is -4.15. The molecule has 1 aromatic carbocycles. The molecule has 2 atom stereocenters. The molecule has 1 fully saturated rings. The third-order valence-corrected chi connectivity index (χ3v) is 7.79. The molecule has 2 aliphatic rings. The number of rotatable bonds is 5. The summed E-state index contributed by atoms with van der Waals surface area (Å²) in [5.74, 6) is -1.15. The van der Waals surface area contributed by atoms with Crippen molar-refractivity contribution in [3.05, 3.63) is 83.1 Å². The third kappa shape index (κ3) is 3.08. The summed E-state index contributed by atoms with van der Waals surface area (Å²) in [7, 11) is 0. The van der Waals surface area contributed by atoms with E-state index in [1.54, 1.807) is 12.3 Å². The van der Waals surface area contributed by atoms with E-state index in [1.807, 2.05) is 0 Å². The van der Waals surface area contributed by atoms with E-state index in [4.69, 9.17) is 4.98 Å². The summed E-state index contributed by atoms with van der Waals surface area (Å²) in [6, 6.07) is 5.49. The van der Waals surface area contributed by atoms with Gasteiger partial charge in [-0.3, -0.25) is 9.78 Å². The van der Waals surface area contributed by atoms with E-state index in [-0.39, 0.29) is 40.7 Å². The zero-order valence-corrected chi connectivity index (χ0v) is 19.6. The van der Waals surface area contributed by atoms with Crippen molar-refractivity contribution < 1.29 is 13.6 Å². The number of aromatic nitrogens is 7. The van der Waals surface area contributed by atoms with Gasteiger partial charge in [-0.05, 0) is 47.9 Å².